The van der Waals surface area contributed by atoms with Crippen molar-refractivity contribution in [2.45, 2.75) is 84.2 Å². The van der Waals surface area contributed by atoms with E-state index in [0.29, 0.717) is 12.5 Å². The van der Waals surface area contributed by atoms with E-state index in [9.17, 15) is 4.79 Å². The Balaban J connectivity index is 1.41. The van der Waals surface area contributed by atoms with Gasteiger partial charge in [-0.3, -0.25) is 4.79 Å². The van der Waals surface area contributed by atoms with Crippen molar-refractivity contribution < 1.29 is 4.79 Å². The summed E-state index contributed by atoms with van der Waals surface area (Å²) in [5.74, 6) is 4.20. The van der Waals surface area contributed by atoms with E-state index in [1.807, 2.05) is 15.7 Å². The van der Waals surface area contributed by atoms with E-state index < -0.39 is 0 Å². The highest BCUT2D eigenvalue weighted by molar-refractivity contribution is 5.76. The number of carbonyl (C=O) groups excluding carboxylic acids is 1. The van der Waals surface area contributed by atoms with Gasteiger partial charge in [-0.05, 0) is 57.8 Å². The lowest BCUT2D eigenvalue weighted by atomic mass is 9.99. The summed E-state index contributed by atoms with van der Waals surface area (Å²) in [5, 5.41) is 0. The second-order valence-electron chi connectivity index (χ2n) is 10.1. The molecule has 0 unspecified atom stereocenters. The molecule has 1 aliphatic carbocycles. The van der Waals surface area contributed by atoms with E-state index in [0.717, 1.165) is 74.4 Å². The molecular weight excluding hydrogens is 400 g/mol. The highest BCUT2D eigenvalue weighted by Gasteiger charge is 2.33. The number of carbonyl (C=O) groups is 1. The number of rotatable bonds is 6. The summed E-state index contributed by atoms with van der Waals surface area (Å²) in [6.45, 7) is 9.68. The standard InChI is InChI=1S/C25H36N6O/c1-17(2)24-26-11-14-30(24)16-22(32)31-13-5-4-8-21(31)23-27-18(3)20-7-6-12-29(25(20)28-23)15-19-9-10-19/h11,14,17,19,21H,4-10,12-13,15-16H2,1-3H3/t21-/m0/s1. The molecule has 2 aliphatic heterocycles. The van der Waals surface area contributed by atoms with Gasteiger partial charge in [-0.15, -0.1) is 0 Å². The lowest BCUT2D eigenvalue weighted by Gasteiger charge is -2.37. The minimum atomic E-state index is -0.0315. The molecule has 0 radical (unpaired) electrons. The van der Waals surface area contributed by atoms with Crippen LogP contribution in [0.1, 0.15) is 87.2 Å². The third-order valence-electron chi connectivity index (χ3n) is 7.23. The Morgan fingerprint density at radius 1 is 1.12 bits per heavy atom. The minimum Gasteiger partial charge on any atom is -0.356 e. The number of imidazole rings is 1. The molecule has 0 spiro atoms. The van der Waals surface area contributed by atoms with Crippen molar-refractivity contribution in [3.8, 4) is 0 Å². The Kier molecular flexibility index (Phi) is 5.91. The van der Waals surface area contributed by atoms with Crippen molar-refractivity contribution in [1.82, 2.24) is 24.4 Å². The molecule has 2 aromatic heterocycles. The Bertz CT molecular complexity index is 979. The summed E-state index contributed by atoms with van der Waals surface area (Å²) < 4.78 is 2.00. The van der Waals surface area contributed by atoms with Crippen LogP contribution in [0.15, 0.2) is 12.4 Å². The first-order chi connectivity index (χ1) is 15.5. The molecule has 3 aliphatic rings. The quantitative estimate of drug-likeness (QED) is 0.684. The summed E-state index contributed by atoms with van der Waals surface area (Å²) in [5.41, 5.74) is 2.41. The lowest BCUT2D eigenvalue weighted by molar-refractivity contribution is -0.136. The van der Waals surface area contributed by atoms with Crippen molar-refractivity contribution in [2.75, 3.05) is 24.5 Å². The number of fused-ring (bicyclic) bond motifs is 1. The summed E-state index contributed by atoms with van der Waals surface area (Å²) in [6.07, 6.45) is 11.7. The van der Waals surface area contributed by atoms with Crippen LogP contribution in [-0.4, -0.2) is 50.0 Å². The fourth-order valence-corrected chi connectivity index (χ4v) is 5.34. The fraction of sp³-hybridized carbons (Fsp3) is 0.680. The highest BCUT2D eigenvalue weighted by atomic mass is 16.2. The summed E-state index contributed by atoms with van der Waals surface area (Å²) in [4.78, 5) is 32.5. The van der Waals surface area contributed by atoms with Crippen LogP contribution in [0.5, 0.6) is 0 Å². The zero-order valence-corrected chi connectivity index (χ0v) is 19.8. The van der Waals surface area contributed by atoms with Crippen molar-refractivity contribution in [3.05, 3.63) is 35.3 Å². The van der Waals surface area contributed by atoms with Gasteiger partial charge < -0.3 is 14.4 Å². The van der Waals surface area contributed by atoms with E-state index in [1.54, 1.807) is 6.20 Å². The molecule has 7 heteroatoms. The first-order valence-electron chi connectivity index (χ1n) is 12.4. The third kappa shape index (κ3) is 4.26. The molecule has 2 aromatic rings. The molecule has 5 rings (SSSR count). The smallest absolute Gasteiger partial charge is 0.243 e. The summed E-state index contributed by atoms with van der Waals surface area (Å²) in [7, 11) is 0. The molecule has 0 aromatic carbocycles. The van der Waals surface area contributed by atoms with Gasteiger partial charge >= 0.3 is 0 Å². The monoisotopic (exact) mass is 436 g/mol. The summed E-state index contributed by atoms with van der Waals surface area (Å²) in [6, 6.07) is -0.0315. The van der Waals surface area contributed by atoms with Gasteiger partial charge in [-0.1, -0.05) is 13.8 Å². The molecule has 32 heavy (non-hydrogen) atoms. The second-order valence-corrected chi connectivity index (χ2v) is 10.1. The van der Waals surface area contributed by atoms with E-state index >= 15 is 0 Å². The first kappa shape index (κ1) is 21.4. The van der Waals surface area contributed by atoms with E-state index in [2.05, 4.69) is 30.7 Å². The molecule has 0 N–H and O–H groups in total. The van der Waals surface area contributed by atoms with E-state index in [1.165, 1.54) is 24.8 Å². The van der Waals surface area contributed by atoms with E-state index in [4.69, 9.17) is 9.97 Å². The Labute approximate surface area is 191 Å². The number of nitrogens with zero attached hydrogens (tertiary/aromatic N) is 6. The Morgan fingerprint density at radius 3 is 2.75 bits per heavy atom. The largest absolute Gasteiger partial charge is 0.356 e. The van der Waals surface area contributed by atoms with Gasteiger partial charge in [0.05, 0.1) is 6.04 Å². The number of likely N-dealkylation sites (tertiary alicyclic amines) is 1. The molecule has 1 atom stereocenters. The third-order valence-corrected chi connectivity index (χ3v) is 7.23. The van der Waals surface area contributed by atoms with Crippen LogP contribution in [-0.2, 0) is 17.8 Å². The van der Waals surface area contributed by atoms with Crippen LogP contribution in [0.4, 0.5) is 5.82 Å². The van der Waals surface area contributed by atoms with E-state index in [-0.39, 0.29) is 11.9 Å². The van der Waals surface area contributed by atoms with Crippen molar-refractivity contribution in [3.63, 3.8) is 0 Å². The van der Waals surface area contributed by atoms with Gasteiger partial charge in [-0.2, -0.15) is 0 Å². The Hall–Kier alpha value is -2.44. The number of aryl methyl sites for hydroxylation is 1. The molecule has 2 fully saturated rings. The van der Waals surface area contributed by atoms with Crippen LogP contribution in [0.25, 0.3) is 0 Å². The zero-order chi connectivity index (χ0) is 22.2. The fourth-order valence-electron chi connectivity index (χ4n) is 5.34. The zero-order valence-electron chi connectivity index (χ0n) is 19.8. The van der Waals surface area contributed by atoms with Gasteiger partial charge in [0.15, 0.2) is 5.82 Å². The number of aromatic nitrogens is 4. The lowest BCUT2D eigenvalue weighted by Crippen LogP contribution is -2.42. The van der Waals surface area contributed by atoms with Crippen molar-refractivity contribution in [1.29, 1.82) is 0 Å². The van der Waals surface area contributed by atoms with Crippen LogP contribution in [0, 0.1) is 12.8 Å². The molecule has 0 bridgehead atoms. The molecular formula is C25H36N6O. The number of hydrogen-bond donors (Lipinski definition) is 0. The average Bonchev–Trinajstić information content (AvgIpc) is 3.48. The number of anilines is 1. The van der Waals surface area contributed by atoms with Gasteiger partial charge in [0.2, 0.25) is 5.91 Å². The van der Waals surface area contributed by atoms with Crippen molar-refractivity contribution >= 4 is 11.7 Å². The molecule has 1 amide bonds. The highest BCUT2D eigenvalue weighted by Crippen LogP contribution is 2.36. The Morgan fingerprint density at radius 2 is 1.97 bits per heavy atom. The molecule has 1 saturated carbocycles. The first-order valence-corrected chi connectivity index (χ1v) is 12.4. The SMILES string of the molecule is Cc1nc([C@@H]2CCCCN2C(=O)Cn2ccnc2C(C)C)nc2c1CCCN2CC1CC1. The maximum Gasteiger partial charge on any atom is 0.243 e. The summed E-state index contributed by atoms with van der Waals surface area (Å²) >= 11 is 0. The van der Waals surface area contributed by atoms with Crippen molar-refractivity contribution in [2.24, 2.45) is 5.92 Å². The molecule has 172 valence electrons. The topological polar surface area (TPSA) is 67.2 Å². The maximum absolute atomic E-state index is 13.4. The van der Waals surface area contributed by atoms with Gasteiger partial charge in [0, 0.05) is 49.2 Å². The predicted molar refractivity (Wildman–Crippen MR) is 125 cm³/mol. The average molecular weight is 437 g/mol. The molecule has 7 nitrogen and oxygen atoms in total. The van der Waals surface area contributed by atoms with Gasteiger partial charge in [0.1, 0.15) is 18.2 Å². The normalized spacial score (nSPS) is 21.2. The predicted octanol–water partition coefficient (Wildman–Crippen LogP) is 4.02. The second kappa shape index (κ2) is 8.83. The van der Waals surface area contributed by atoms with Crippen LogP contribution < -0.4 is 4.90 Å². The number of piperidine rings is 1. The van der Waals surface area contributed by atoms with Crippen LogP contribution >= 0.6 is 0 Å². The van der Waals surface area contributed by atoms with Crippen LogP contribution in [0.3, 0.4) is 0 Å². The van der Waals surface area contributed by atoms with Gasteiger partial charge in [0.25, 0.3) is 0 Å². The minimum absolute atomic E-state index is 0.0315. The van der Waals surface area contributed by atoms with Gasteiger partial charge in [-0.25, -0.2) is 15.0 Å². The molecule has 1 saturated heterocycles. The van der Waals surface area contributed by atoms with Crippen LogP contribution in [0.2, 0.25) is 0 Å². The maximum atomic E-state index is 13.4. The number of hydrogen-bond acceptors (Lipinski definition) is 5. The molecule has 4 heterocycles. The number of amides is 1.